The van der Waals surface area contributed by atoms with Gasteiger partial charge in [0, 0.05) is 108 Å². The minimum absolute atomic E-state index is 0.559. The van der Waals surface area contributed by atoms with E-state index in [1.807, 2.05) is 48.5 Å². The van der Waals surface area contributed by atoms with Crippen molar-refractivity contribution >= 4 is 139 Å². The zero-order chi connectivity index (χ0) is 69.5. The quantitative estimate of drug-likeness (QED) is 0.130. The lowest BCUT2D eigenvalue weighted by atomic mass is 9.95. The van der Waals surface area contributed by atoms with Gasteiger partial charge in [0.15, 0.2) is 34.9 Å². The Labute approximate surface area is 612 Å². The predicted octanol–water partition coefficient (Wildman–Crippen LogP) is 25.5. The van der Waals surface area contributed by atoms with Gasteiger partial charge in [-0.3, -0.25) is 0 Å². The largest absolute Gasteiger partial charge is 0.456 e. The highest BCUT2D eigenvalue weighted by molar-refractivity contribution is 7.26. The molecule has 0 unspecified atom stereocenters. The van der Waals surface area contributed by atoms with E-state index in [0.29, 0.717) is 34.9 Å². The van der Waals surface area contributed by atoms with E-state index in [0.717, 1.165) is 164 Å². The van der Waals surface area contributed by atoms with Gasteiger partial charge in [-0.25, -0.2) is 39.9 Å². The molecule has 0 aliphatic carbocycles. The lowest BCUT2D eigenvalue weighted by Crippen LogP contribution is -2.01. The third-order valence-electron chi connectivity index (χ3n) is 20.7. The second kappa shape index (κ2) is 23.9. The van der Waals surface area contributed by atoms with Crippen LogP contribution < -0.4 is 0 Å². The van der Waals surface area contributed by atoms with Crippen LogP contribution in [-0.4, -0.2) is 39.9 Å². The molecule has 0 aliphatic heterocycles. The monoisotopic (exact) mass is 1390 g/mol. The van der Waals surface area contributed by atoms with Gasteiger partial charge >= 0.3 is 0 Å². The number of hydrogen-bond acceptors (Lipinski definition) is 12. The highest BCUT2D eigenvalue weighted by atomic mass is 32.1. The van der Waals surface area contributed by atoms with Crippen LogP contribution in [0.1, 0.15) is 0 Å². The van der Waals surface area contributed by atoms with Crippen molar-refractivity contribution in [1.29, 1.82) is 0 Å². The van der Waals surface area contributed by atoms with Gasteiger partial charge in [0.2, 0.25) is 0 Å². The van der Waals surface area contributed by atoms with E-state index in [1.165, 1.54) is 30.9 Å². The summed E-state index contributed by atoms with van der Waals surface area (Å²) in [6.45, 7) is 0. The van der Waals surface area contributed by atoms with Gasteiger partial charge in [-0.05, 0) is 86.3 Å². The maximum absolute atomic E-state index is 6.38. The van der Waals surface area contributed by atoms with Crippen LogP contribution in [0, 0.1) is 0 Å². The van der Waals surface area contributed by atoms with Crippen molar-refractivity contribution in [3.8, 4) is 113 Å². The molecule has 22 aromatic rings. The van der Waals surface area contributed by atoms with Crippen molar-refractivity contribution in [2.24, 2.45) is 0 Å². The van der Waals surface area contributed by atoms with E-state index >= 15 is 0 Å². The Hall–Kier alpha value is -13.8. The molecule has 10 nitrogen and oxygen atoms in total. The summed E-state index contributed by atoms with van der Waals surface area (Å²) in [7, 11) is 0. The molecule has 8 heterocycles. The molecule has 492 valence electrons. The molecule has 0 saturated carbocycles. The summed E-state index contributed by atoms with van der Waals surface area (Å²) in [5, 5.41) is 15.5. The standard InChI is InChI=1S/C94H52N8O2S2/c1-2-18-63-54(16-1)17-13-26-68(63)91-100-90(101-92(102-91)73-27-15-31-78-82(73)70-22-6-10-29-76(70)104-78)61-48-40-57(41-49-61)86-67-51-50-62(52-74(67)84-72-24-8-12-33-80(72)106-94(84)96-86)53-34-42-58(43-35-53)87-97-88(59-44-36-55(37-45-59)64-25-14-30-77-81(64)69-21-5-9-28-75(69)103-77)99-89(98-87)60-46-38-56(39-47-60)85-66-20-4-3-19-65(66)83-71-23-7-11-32-79(71)105-93(83)95-85/h1-52H. The summed E-state index contributed by atoms with van der Waals surface area (Å²) in [6.07, 6.45) is 0. The second-order valence-electron chi connectivity index (χ2n) is 26.8. The maximum atomic E-state index is 6.38. The van der Waals surface area contributed by atoms with Crippen molar-refractivity contribution in [3.05, 3.63) is 315 Å². The van der Waals surface area contributed by atoms with E-state index in [-0.39, 0.29) is 0 Å². The molecule has 0 radical (unpaired) electrons. The number of pyridine rings is 2. The Morgan fingerprint density at radius 2 is 0.557 bits per heavy atom. The first-order valence-electron chi connectivity index (χ1n) is 35.2. The summed E-state index contributed by atoms with van der Waals surface area (Å²) in [5.41, 5.74) is 16.6. The molecular formula is C94H52N8O2S2. The van der Waals surface area contributed by atoms with E-state index in [4.69, 9.17) is 48.7 Å². The van der Waals surface area contributed by atoms with Crippen molar-refractivity contribution in [1.82, 2.24) is 39.9 Å². The average Bonchev–Trinajstić information content (AvgIpc) is 1.55. The highest BCUT2D eigenvalue weighted by Crippen LogP contribution is 2.46. The summed E-state index contributed by atoms with van der Waals surface area (Å²) < 4.78 is 15.1. The average molecular weight is 1390 g/mol. The van der Waals surface area contributed by atoms with E-state index in [1.54, 1.807) is 22.7 Å². The Morgan fingerprint density at radius 1 is 0.198 bits per heavy atom. The third-order valence-corrected chi connectivity index (χ3v) is 22.8. The topological polar surface area (TPSA) is 129 Å². The molecule has 0 N–H and O–H groups in total. The summed E-state index contributed by atoms with van der Waals surface area (Å²) in [6, 6.07) is 110. The van der Waals surface area contributed by atoms with Crippen LogP contribution in [0.2, 0.25) is 0 Å². The van der Waals surface area contributed by atoms with Crippen LogP contribution in [0.25, 0.3) is 230 Å². The molecular weight excluding hydrogens is 1340 g/mol. The number of aromatic nitrogens is 8. The first-order chi connectivity index (χ1) is 52.5. The SMILES string of the molecule is c1ccc2c(-c3nc(-c4ccc(-c5nc6sc7ccccc7c6c6cc(-c7ccc(-c8nc(-c9ccc(-c%10nc%11sc%12ccccc%12c%11c%11ccccc%10%11)cc9)nc(-c9ccc(-c%10cccc%11oc%12ccccc%12c%10%11)cc9)n8)cc7)ccc56)cc4)nc(-c4cccc5oc6ccccc6c45)n3)cccc2c1. The molecule has 14 aromatic carbocycles. The maximum Gasteiger partial charge on any atom is 0.164 e. The number of hydrogen-bond donors (Lipinski definition) is 0. The number of furan rings is 2. The summed E-state index contributed by atoms with van der Waals surface area (Å²) >= 11 is 3.45. The number of thiophene rings is 2. The van der Waals surface area contributed by atoms with Crippen LogP contribution in [0.5, 0.6) is 0 Å². The molecule has 0 saturated heterocycles. The van der Waals surface area contributed by atoms with Crippen molar-refractivity contribution in [2.75, 3.05) is 0 Å². The fourth-order valence-electron chi connectivity index (χ4n) is 15.6. The number of nitrogens with zero attached hydrogens (tertiary/aromatic N) is 8. The smallest absolute Gasteiger partial charge is 0.164 e. The number of fused-ring (bicyclic) bond motifs is 17. The van der Waals surface area contributed by atoms with Crippen LogP contribution in [0.15, 0.2) is 324 Å². The molecule has 12 heteroatoms. The normalized spacial score (nSPS) is 12.0. The minimum Gasteiger partial charge on any atom is -0.456 e. The molecule has 0 bridgehead atoms. The minimum atomic E-state index is 0.559. The van der Waals surface area contributed by atoms with E-state index in [2.05, 4.69) is 267 Å². The van der Waals surface area contributed by atoms with Gasteiger partial charge < -0.3 is 8.83 Å². The summed E-state index contributed by atoms with van der Waals surface area (Å²) in [4.78, 5) is 44.6. The highest BCUT2D eigenvalue weighted by Gasteiger charge is 2.24. The molecule has 22 rings (SSSR count). The zero-order valence-corrected chi connectivity index (χ0v) is 57.9. The number of rotatable bonds is 10. The van der Waals surface area contributed by atoms with Gasteiger partial charge in [0.05, 0.1) is 11.4 Å². The fourth-order valence-corrected chi connectivity index (χ4v) is 17.8. The third kappa shape index (κ3) is 9.76. The Balaban J connectivity index is 0.634. The lowest BCUT2D eigenvalue weighted by Gasteiger charge is -2.13. The first-order valence-corrected chi connectivity index (χ1v) is 36.8. The van der Waals surface area contributed by atoms with Crippen LogP contribution >= 0.6 is 22.7 Å². The molecule has 0 amide bonds. The molecule has 106 heavy (non-hydrogen) atoms. The number of para-hydroxylation sites is 2. The lowest BCUT2D eigenvalue weighted by molar-refractivity contribution is 0.668. The molecule has 0 atom stereocenters. The van der Waals surface area contributed by atoms with Crippen LogP contribution in [0.3, 0.4) is 0 Å². The zero-order valence-electron chi connectivity index (χ0n) is 56.2. The van der Waals surface area contributed by atoms with Crippen molar-refractivity contribution in [3.63, 3.8) is 0 Å². The van der Waals surface area contributed by atoms with Gasteiger partial charge in [-0.2, -0.15) is 0 Å². The summed E-state index contributed by atoms with van der Waals surface area (Å²) in [5.74, 6) is 3.39. The van der Waals surface area contributed by atoms with Crippen molar-refractivity contribution in [2.45, 2.75) is 0 Å². The fraction of sp³-hybridized carbons (Fsp3) is 0. The van der Waals surface area contributed by atoms with Crippen LogP contribution in [-0.2, 0) is 0 Å². The molecule has 0 spiro atoms. The van der Waals surface area contributed by atoms with Gasteiger partial charge in [-0.15, -0.1) is 22.7 Å². The Kier molecular flexibility index (Phi) is 13.5. The van der Waals surface area contributed by atoms with Crippen LogP contribution in [0.4, 0.5) is 0 Å². The molecule has 0 fully saturated rings. The Morgan fingerprint density at radius 3 is 1.12 bits per heavy atom. The van der Waals surface area contributed by atoms with Crippen molar-refractivity contribution < 1.29 is 8.83 Å². The van der Waals surface area contributed by atoms with E-state index < -0.39 is 0 Å². The first kappa shape index (κ1) is 59.9. The molecule has 0 aliphatic rings. The van der Waals surface area contributed by atoms with Gasteiger partial charge in [0.1, 0.15) is 32.0 Å². The second-order valence-corrected chi connectivity index (χ2v) is 28.8. The van der Waals surface area contributed by atoms with E-state index in [9.17, 15) is 0 Å². The predicted molar refractivity (Wildman–Crippen MR) is 436 cm³/mol. The number of benzene rings is 14. The van der Waals surface area contributed by atoms with Gasteiger partial charge in [-0.1, -0.05) is 273 Å². The molecule has 8 aromatic heterocycles. The Bertz CT molecular complexity index is 7380. The van der Waals surface area contributed by atoms with Gasteiger partial charge in [0.25, 0.3) is 0 Å².